The zero-order chi connectivity index (χ0) is 9.68. The van der Waals surface area contributed by atoms with Crippen molar-refractivity contribution in [1.82, 2.24) is 0 Å². The Balaban J connectivity index is 2.30. The number of rotatable bonds is 5. The molecule has 1 heterocycles. The summed E-state index contributed by atoms with van der Waals surface area (Å²) in [4.78, 5) is 11.0. The van der Waals surface area contributed by atoms with E-state index in [9.17, 15) is 4.79 Å². The molecule has 0 unspecified atom stereocenters. The Labute approximate surface area is 78.7 Å². The molecule has 1 saturated heterocycles. The normalized spacial score (nSPS) is 23.1. The van der Waals surface area contributed by atoms with E-state index in [0.29, 0.717) is 18.6 Å². The maximum absolute atomic E-state index is 11.0. The fourth-order valence-corrected chi connectivity index (χ4v) is 1.22. The van der Waals surface area contributed by atoms with Crippen molar-refractivity contribution in [2.45, 2.75) is 26.4 Å². The SMILES string of the molecule is CCOC(=O)/C=C/[C@@H](CC)[C@@H]1CO1. The van der Waals surface area contributed by atoms with Gasteiger partial charge in [0.25, 0.3) is 0 Å². The van der Waals surface area contributed by atoms with Crippen molar-refractivity contribution in [3.63, 3.8) is 0 Å². The molecule has 1 aliphatic rings. The summed E-state index contributed by atoms with van der Waals surface area (Å²) in [6.07, 6.45) is 4.71. The predicted molar refractivity (Wildman–Crippen MR) is 49.3 cm³/mol. The van der Waals surface area contributed by atoms with Crippen LogP contribution in [0.4, 0.5) is 0 Å². The molecule has 0 amide bonds. The summed E-state index contributed by atoms with van der Waals surface area (Å²) in [6, 6.07) is 0. The molecule has 2 atom stereocenters. The molecular formula is C10H16O3. The average Bonchev–Trinajstić information content (AvgIpc) is 2.90. The minimum atomic E-state index is -0.262. The average molecular weight is 184 g/mol. The first-order valence-corrected chi connectivity index (χ1v) is 4.74. The number of ether oxygens (including phenoxy) is 2. The standard InChI is InChI=1S/C10H16O3/c1-3-8(9-7-13-9)5-6-10(11)12-4-2/h5-6,8-9H,3-4,7H2,1-2H3/b6-5+/t8-,9+/m1/s1. The molecule has 0 aromatic carbocycles. The fraction of sp³-hybridized carbons (Fsp3) is 0.700. The molecule has 1 aliphatic heterocycles. The number of hydrogen-bond acceptors (Lipinski definition) is 3. The first-order chi connectivity index (χ1) is 6.27. The van der Waals surface area contributed by atoms with Crippen LogP contribution in [0.3, 0.4) is 0 Å². The van der Waals surface area contributed by atoms with Gasteiger partial charge in [0, 0.05) is 12.0 Å². The minimum absolute atomic E-state index is 0.262. The first kappa shape index (κ1) is 10.3. The van der Waals surface area contributed by atoms with Crippen LogP contribution in [0, 0.1) is 5.92 Å². The van der Waals surface area contributed by atoms with Crippen molar-refractivity contribution in [2.75, 3.05) is 13.2 Å². The van der Waals surface area contributed by atoms with Crippen LogP contribution < -0.4 is 0 Å². The van der Waals surface area contributed by atoms with E-state index in [4.69, 9.17) is 9.47 Å². The lowest BCUT2D eigenvalue weighted by atomic mass is 10.0. The third-order valence-electron chi connectivity index (χ3n) is 2.07. The monoisotopic (exact) mass is 184 g/mol. The molecule has 3 nitrogen and oxygen atoms in total. The molecule has 74 valence electrons. The van der Waals surface area contributed by atoms with Gasteiger partial charge in [0.1, 0.15) is 0 Å². The summed E-state index contributed by atoms with van der Waals surface area (Å²) < 4.78 is 9.92. The van der Waals surface area contributed by atoms with Crippen LogP contribution in [0.1, 0.15) is 20.3 Å². The van der Waals surface area contributed by atoms with Crippen molar-refractivity contribution in [3.8, 4) is 0 Å². The minimum Gasteiger partial charge on any atom is -0.463 e. The van der Waals surface area contributed by atoms with E-state index in [2.05, 4.69) is 6.92 Å². The zero-order valence-electron chi connectivity index (χ0n) is 8.16. The second-order valence-electron chi connectivity index (χ2n) is 3.06. The van der Waals surface area contributed by atoms with Crippen LogP contribution in [0.2, 0.25) is 0 Å². The molecule has 1 fully saturated rings. The van der Waals surface area contributed by atoms with Gasteiger partial charge in [-0.25, -0.2) is 4.79 Å². The van der Waals surface area contributed by atoms with Gasteiger partial charge < -0.3 is 9.47 Å². The zero-order valence-corrected chi connectivity index (χ0v) is 8.16. The molecule has 1 rings (SSSR count). The van der Waals surface area contributed by atoms with Gasteiger partial charge in [-0.15, -0.1) is 0 Å². The number of esters is 1. The third-order valence-corrected chi connectivity index (χ3v) is 2.07. The molecule has 0 bridgehead atoms. The number of carbonyl (C=O) groups is 1. The van der Waals surface area contributed by atoms with Crippen molar-refractivity contribution in [1.29, 1.82) is 0 Å². The van der Waals surface area contributed by atoms with E-state index < -0.39 is 0 Å². The smallest absolute Gasteiger partial charge is 0.330 e. The van der Waals surface area contributed by atoms with Crippen molar-refractivity contribution in [2.24, 2.45) is 5.92 Å². The van der Waals surface area contributed by atoms with Gasteiger partial charge in [-0.05, 0) is 13.3 Å². The summed E-state index contributed by atoms with van der Waals surface area (Å²) in [5, 5.41) is 0. The van der Waals surface area contributed by atoms with E-state index in [1.165, 1.54) is 6.08 Å². The molecule has 0 spiro atoms. The lowest BCUT2D eigenvalue weighted by molar-refractivity contribution is -0.137. The summed E-state index contributed by atoms with van der Waals surface area (Å²) in [5.41, 5.74) is 0. The third kappa shape index (κ3) is 3.59. The lowest BCUT2D eigenvalue weighted by Crippen LogP contribution is -2.05. The molecule has 3 heteroatoms. The first-order valence-electron chi connectivity index (χ1n) is 4.74. The second-order valence-corrected chi connectivity index (χ2v) is 3.06. The molecule has 0 N–H and O–H groups in total. The van der Waals surface area contributed by atoms with Crippen molar-refractivity contribution in [3.05, 3.63) is 12.2 Å². The lowest BCUT2D eigenvalue weighted by Gasteiger charge is -2.04. The predicted octanol–water partition coefficient (Wildman–Crippen LogP) is 1.53. The van der Waals surface area contributed by atoms with Crippen LogP contribution in [-0.2, 0) is 14.3 Å². The summed E-state index contributed by atoms with van der Waals surface area (Å²) in [5.74, 6) is 0.103. The highest BCUT2D eigenvalue weighted by Crippen LogP contribution is 2.23. The van der Waals surface area contributed by atoms with Crippen LogP contribution in [0.15, 0.2) is 12.2 Å². The second kappa shape index (κ2) is 5.02. The molecule has 0 aliphatic carbocycles. The van der Waals surface area contributed by atoms with E-state index in [0.717, 1.165) is 13.0 Å². The van der Waals surface area contributed by atoms with Gasteiger partial charge in [-0.3, -0.25) is 0 Å². The fourth-order valence-electron chi connectivity index (χ4n) is 1.22. The molecular weight excluding hydrogens is 168 g/mol. The highest BCUT2D eigenvalue weighted by molar-refractivity contribution is 5.81. The Morgan fingerprint density at radius 2 is 2.38 bits per heavy atom. The summed E-state index contributed by atoms with van der Waals surface area (Å²) in [6.45, 7) is 5.14. The molecule has 0 aromatic rings. The van der Waals surface area contributed by atoms with Crippen LogP contribution in [0.5, 0.6) is 0 Å². The number of carbonyl (C=O) groups excluding carboxylic acids is 1. The van der Waals surface area contributed by atoms with Crippen molar-refractivity contribution < 1.29 is 14.3 Å². The summed E-state index contributed by atoms with van der Waals surface area (Å²) >= 11 is 0. The Bertz CT molecular complexity index is 194. The van der Waals surface area contributed by atoms with Crippen LogP contribution in [-0.4, -0.2) is 25.3 Å². The molecule has 0 radical (unpaired) electrons. The number of hydrogen-bond donors (Lipinski definition) is 0. The maximum atomic E-state index is 11.0. The molecule has 0 aromatic heterocycles. The molecule has 13 heavy (non-hydrogen) atoms. The highest BCUT2D eigenvalue weighted by Gasteiger charge is 2.29. The topological polar surface area (TPSA) is 38.8 Å². The highest BCUT2D eigenvalue weighted by atomic mass is 16.6. The van der Waals surface area contributed by atoms with Crippen LogP contribution in [0.25, 0.3) is 0 Å². The van der Waals surface area contributed by atoms with Gasteiger partial charge in [-0.2, -0.15) is 0 Å². The van der Waals surface area contributed by atoms with Gasteiger partial charge in [-0.1, -0.05) is 13.0 Å². The Kier molecular flexibility index (Phi) is 3.96. The van der Waals surface area contributed by atoms with Gasteiger partial charge in [0.15, 0.2) is 0 Å². The maximum Gasteiger partial charge on any atom is 0.330 e. The Morgan fingerprint density at radius 3 is 2.85 bits per heavy atom. The van der Waals surface area contributed by atoms with Crippen LogP contribution >= 0.6 is 0 Å². The largest absolute Gasteiger partial charge is 0.463 e. The van der Waals surface area contributed by atoms with E-state index in [1.54, 1.807) is 6.92 Å². The Hall–Kier alpha value is -0.830. The van der Waals surface area contributed by atoms with E-state index in [-0.39, 0.29) is 5.97 Å². The Morgan fingerprint density at radius 1 is 1.69 bits per heavy atom. The summed E-state index contributed by atoms with van der Waals surface area (Å²) in [7, 11) is 0. The number of epoxide rings is 1. The van der Waals surface area contributed by atoms with Crippen molar-refractivity contribution >= 4 is 5.97 Å². The molecule has 0 saturated carbocycles. The quantitative estimate of drug-likeness (QED) is 0.369. The van der Waals surface area contributed by atoms with E-state index in [1.807, 2.05) is 6.08 Å². The van der Waals surface area contributed by atoms with Gasteiger partial charge in [0.2, 0.25) is 0 Å². The van der Waals surface area contributed by atoms with Gasteiger partial charge in [0.05, 0.1) is 19.3 Å². The van der Waals surface area contributed by atoms with Gasteiger partial charge >= 0.3 is 5.97 Å². The van der Waals surface area contributed by atoms with E-state index >= 15 is 0 Å².